The predicted molar refractivity (Wildman–Crippen MR) is 140 cm³/mol. The normalized spacial score (nSPS) is 11.1. The second-order valence-electron chi connectivity index (χ2n) is 7.85. The average Bonchev–Trinajstić information content (AvgIpc) is 3.28. The number of aromatic nitrogens is 2. The number of rotatable bonds is 6. The monoisotopic (exact) mass is 494 g/mol. The highest BCUT2D eigenvalue weighted by Gasteiger charge is 2.22. The molecular formula is C27H22N6O2S. The standard InChI is InChI=1S/C27H22N6O2S/c1-4-13-32-23(18-7-5-17(2)6-8-18)16-36-27(32)31-33-25(19-9-11-20(35-3)12-10-19)21(14-28)24(30)22(15-29)26(33)34/h4-12,16H,1,13,30H2,2-3H3/b31-27+. The second-order valence-corrected chi connectivity index (χ2v) is 8.69. The first kappa shape index (κ1) is 24.3. The van der Waals surface area contributed by atoms with Crippen molar-refractivity contribution in [3.8, 4) is 40.4 Å². The van der Waals surface area contributed by atoms with Gasteiger partial charge in [0.2, 0.25) is 4.80 Å². The summed E-state index contributed by atoms with van der Waals surface area (Å²) >= 11 is 1.33. The van der Waals surface area contributed by atoms with Crippen molar-refractivity contribution in [1.82, 2.24) is 9.24 Å². The Labute approximate surface area is 211 Å². The molecule has 0 aliphatic carbocycles. The Hall–Kier alpha value is -4.86. The molecule has 0 amide bonds. The van der Waals surface area contributed by atoms with Gasteiger partial charge in [0.05, 0.1) is 24.2 Å². The number of aryl methyl sites for hydroxylation is 1. The molecule has 0 radical (unpaired) electrons. The van der Waals surface area contributed by atoms with Crippen LogP contribution in [0.3, 0.4) is 0 Å². The van der Waals surface area contributed by atoms with Gasteiger partial charge >= 0.3 is 0 Å². The first-order valence-electron chi connectivity index (χ1n) is 10.9. The van der Waals surface area contributed by atoms with Gasteiger partial charge in [-0.05, 0) is 36.8 Å². The largest absolute Gasteiger partial charge is 0.497 e. The summed E-state index contributed by atoms with van der Waals surface area (Å²) in [6.07, 6.45) is 1.74. The number of ether oxygens (including phenoxy) is 1. The van der Waals surface area contributed by atoms with Crippen molar-refractivity contribution in [3.05, 3.63) is 98.4 Å². The third kappa shape index (κ3) is 4.31. The number of methoxy groups -OCH3 is 1. The van der Waals surface area contributed by atoms with Gasteiger partial charge in [-0.25, -0.2) is 0 Å². The van der Waals surface area contributed by atoms with Crippen LogP contribution in [0.1, 0.15) is 16.7 Å². The maximum atomic E-state index is 13.4. The van der Waals surface area contributed by atoms with Gasteiger partial charge in [0.25, 0.3) is 5.56 Å². The fourth-order valence-corrected chi connectivity index (χ4v) is 4.68. The molecule has 2 N–H and O–H groups in total. The van der Waals surface area contributed by atoms with Crippen LogP contribution in [0.4, 0.5) is 5.69 Å². The number of pyridine rings is 1. The molecule has 0 unspecified atom stereocenters. The third-order valence-corrected chi connectivity index (χ3v) is 6.48. The van der Waals surface area contributed by atoms with E-state index in [1.165, 1.54) is 11.3 Å². The van der Waals surface area contributed by atoms with Gasteiger partial charge in [-0.15, -0.1) is 23.0 Å². The van der Waals surface area contributed by atoms with Crippen LogP contribution in [0.15, 0.2) is 76.5 Å². The maximum Gasteiger partial charge on any atom is 0.291 e. The first-order chi connectivity index (χ1) is 17.4. The highest BCUT2D eigenvalue weighted by atomic mass is 32.1. The topological polar surface area (TPSA) is 122 Å². The zero-order valence-corrected chi connectivity index (χ0v) is 20.5. The summed E-state index contributed by atoms with van der Waals surface area (Å²) in [4.78, 5) is 13.9. The smallest absolute Gasteiger partial charge is 0.291 e. The van der Waals surface area contributed by atoms with E-state index < -0.39 is 5.56 Å². The molecule has 4 rings (SSSR count). The molecule has 2 aromatic heterocycles. The van der Waals surface area contributed by atoms with Crippen molar-refractivity contribution in [3.63, 3.8) is 0 Å². The highest BCUT2D eigenvalue weighted by Crippen LogP contribution is 2.29. The van der Waals surface area contributed by atoms with Crippen LogP contribution in [0.2, 0.25) is 0 Å². The number of allylic oxidation sites excluding steroid dienone is 1. The van der Waals surface area contributed by atoms with Crippen molar-refractivity contribution < 1.29 is 4.74 Å². The molecule has 0 saturated carbocycles. The number of thiazole rings is 1. The van der Waals surface area contributed by atoms with Gasteiger partial charge in [0, 0.05) is 17.5 Å². The minimum atomic E-state index is -0.713. The number of hydrogen-bond donors (Lipinski definition) is 1. The van der Waals surface area contributed by atoms with Crippen molar-refractivity contribution >= 4 is 17.0 Å². The molecule has 0 aliphatic rings. The molecule has 0 spiro atoms. The van der Waals surface area contributed by atoms with E-state index in [1.54, 1.807) is 37.5 Å². The Kier molecular flexibility index (Phi) is 6.86. The van der Waals surface area contributed by atoms with Crippen LogP contribution in [-0.4, -0.2) is 16.4 Å². The van der Waals surface area contributed by atoms with E-state index in [-0.39, 0.29) is 22.5 Å². The molecule has 2 heterocycles. The summed E-state index contributed by atoms with van der Waals surface area (Å²) in [5, 5.41) is 26.2. The van der Waals surface area contributed by atoms with Crippen molar-refractivity contribution in [2.45, 2.75) is 13.5 Å². The van der Waals surface area contributed by atoms with Crippen LogP contribution in [0.25, 0.3) is 22.5 Å². The van der Waals surface area contributed by atoms with Crippen molar-refractivity contribution in [1.29, 1.82) is 10.5 Å². The lowest BCUT2D eigenvalue weighted by molar-refractivity contribution is 0.415. The molecule has 8 nitrogen and oxygen atoms in total. The van der Waals surface area contributed by atoms with E-state index in [0.717, 1.165) is 21.5 Å². The number of nitrogens with zero attached hydrogens (tertiary/aromatic N) is 5. The predicted octanol–water partition coefficient (Wildman–Crippen LogP) is 4.24. The number of nitrogen functional groups attached to an aromatic ring is 1. The van der Waals surface area contributed by atoms with Gasteiger partial charge in [-0.1, -0.05) is 35.9 Å². The summed E-state index contributed by atoms with van der Waals surface area (Å²) in [6, 6.07) is 18.8. The number of hydrogen-bond acceptors (Lipinski definition) is 7. The zero-order valence-electron chi connectivity index (χ0n) is 19.7. The average molecular weight is 495 g/mol. The van der Waals surface area contributed by atoms with E-state index in [2.05, 4.69) is 11.7 Å². The lowest BCUT2D eigenvalue weighted by atomic mass is 10.0. The molecule has 0 aliphatic heterocycles. The van der Waals surface area contributed by atoms with E-state index in [4.69, 9.17) is 10.5 Å². The summed E-state index contributed by atoms with van der Waals surface area (Å²) in [6.45, 7) is 6.31. The molecule has 36 heavy (non-hydrogen) atoms. The quantitative estimate of drug-likeness (QED) is 0.402. The molecular weight excluding hydrogens is 472 g/mol. The van der Waals surface area contributed by atoms with E-state index in [9.17, 15) is 15.3 Å². The Morgan fingerprint density at radius 1 is 1.08 bits per heavy atom. The Balaban J connectivity index is 2.07. The summed E-state index contributed by atoms with van der Waals surface area (Å²) in [5.41, 5.74) is 8.59. The second kappa shape index (κ2) is 10.2. The van der Waals surface area contributed by atoms with Gasteiger partial charge in [0.1, 0.15) is 29.0 Å². The molecule has 9 heteroatoms. The number of nitriles is 2. The maximum absolute atomic E-state index is 13.4. The lowest BCUT2D eigenvalue weighted by Gasteiger charge is -2.14. The minimum absolute atomic E-state index is 0.00866. The fourth-order valence-electron chi connectivity index (χ4n) is 3.77. The van der Waals surface area contributed by atoms with Gasteiger partial charge in [0.15, 0.2) is 0 Å². The molecule has 0 fully saturated rings. The molecule has 0 saturated heterocycles. The van der Waals surface area contributed by atoms with Crippen LogP contribution in [0, 0.1) is 29.6 Å². The summed E-state index contributed by atoms with van der Waals surface area (Å²) in [7, 11) is 1.54. The zero-order chi connectivity index (χ0) is 25.8. The molecule has 4 aromatic rings. The van der Waals surface area contributed by atoms with E-state index in [1.807, 2.05) is 53.3 Å². The SMILES string of the molecule is C=CCn1c(-c2ccc(C)cc2)cs/c1=N/n1c(-c2ccc(OC)cc2)c(C#N)c(N)c(C#N)c1=O. The minimum Gasteiger partial charge on any atom is -0.497 e. The van der Waals surface area contributed by atoms with Gasteiger partial charge < -0.3 is 15.0 Å². The number of nitrogens with two attached hydrogens (primary N) is 1. The number of anilines is 1. The first-order valence-corrected chi connectivity index (χ1v) is 11.8. The molecule has 0 atom stereocenters. The molecule has 0 bridgehead atoms. The van der Waals surface area contributed by atoms with Crippen LogP contribution < -0.4 is 20.8 Å². The van der Waals surface area contributed by atoms with Crippen LogP contribution >= 0.6 is 11.3 Å². The fraction of sp³-hybridized carbons (Fsp3) is 0.111. The van der Waals surface area contributed by atoms with E-state index >= 15 is 0 Å². The van der Waals surface area contributed by atoms with Crippen molar-refractivity contribution in [2.24, 2.45) is 5.10 Å². The van der Waals surface area contributed by atoms with Gasteiger partial charge in [-0.2, -0.15) is 15.2 Å². The van der Waals surface area contributed by atoms with Crippen LogP contribution in [-0.2, 0) is 6.54 Å². The van der Waals surface area contributed by atoms with Gasteiger partial charge in [-0.3, -0.25) is 4.79 Å². The molecule has 178 valence electrons. The Morgan fingerprint density at radius 2 is 1.72 bits per heavy atom. The van der Waals surface area contributed by atoms with Crippen LogP contribution in [0.5, 0.6) is 5.75 Å². The van der Waals surface area contributed by atoms with Crippen molar-refractivity contribution in [2.75, 3.05) is 12.8 Å². The summed E-state index contributed by atoms with van der Waals surface area (Å²) < 4.78 is 8.23. The molecule has 2 aromatic carbocycles. The Bertz CT molecular complexity index is 1660. The third-order valence-electron chi connectivity index (χ3n) is 5.62. The Morgan fingerprint density at radius 3 is 2.31 bits per heavy atom. The lowest BCUT2D eigenvalue weighted by Crippen LogP contribution is -2.28. The highest BCUT2D eigenvalue weighted by molar-refractivity contribution is 7.07. The van der Waals surface area contributed by atoms with E-state index in [0.29, 0.717) is 22.7 Å². The summed E-state index contributed by atoms with van der Waals surface area (Å²) in [5.74, 6) is 0.606. The number of benzene rings is 2.